The Bertz CT molecular complexity index is 872. The number of hydrogen-bond acceptors (Lipinski definition) is 4. The quantitative estimate of drug-likeness (QED) is 0.666. The normalized spacial score (nSPS) is 12.9. The minimum atomic E-state index is -1.26. The van der Waals surface area contributed by atoms with Gasteiger partial charge in [0.25, 0.3) is 11.8 Å². The van der Waals surface area contributed by atoms with Gasteiger partial charge >= 0.3 is 5.97 Å². The monoisotopic (exact) mass is 422 g/mol. The lowest BCUT2D eigenvalue weighted by molar-refractivity contribution is -0.158. The minimum absolute atomic E-state index is 0.153. The van der Waals surface area contributed by atoms with E-state index in [-0.39, 0.29) is 16.5 Å². The fourth-order valence-corrected chi connectivity index (χ4v) is 2.99. The summed E-state index contributed by atoms with van der Waals surface area (Å²) in [6, 6.07) is 11.8. The molecule has 2 atom stereocenters. The van der Waals surface area contributed by atoms with Gasteiger partial charge in [-0.3, -0.25) is 9.59 Å². The number of esters is 1. The molecule has 0 heterocycles. The second-order valence-electron chi connectivity index (χ2n) is 6.45. The van der Waals surface area contributed by atoms with Crippen LogP contribution in [0.15, 0.2) is 48.5 Å². The van der Waals surface area contributed by atoms with Crippen molar-refractivity contribution in [3.8, 4) is 0 Å². The number of carbonyl (C=O) groups is 3. The van der Waals surface area contributed by atoms with Crippen molar-refractivity contribution in [2.75, 3.05) is 0 Å². The van der Waals surface area contributed by atoms with Crippen molar-refractivity contribution in [1.29, 1.82) is 0 Å². The largest absolute Gasteiger partial charge is 0.446 e. The molecule has 1 unspecified atom stereocenters. The third kappa shape index (κ3) is 5.47. The Hall–Kier alpha value is -2.57. The highest BCUT2D eigenvalue weighted by molar-refractivity contribution is 6.36. The first-order chi connectivity index (χ1) is 13.2. The number of nitrogens with one attached hydrogen (secondary N) is 1. The third-order valence-corrected chi connectivity index (χ3v) is 4.53. The summed E-state index contributed by atoms with van der Waals surface area (Å²) in [6.45, 7) is 3.47. The van der Waals surface area contributed by atoms with Gasteiger partial charge < -0.3 is 15.8 Å². The lowest BCUT2D eigenvalue weighted by Crippen LogP contribution is -2.46. The van der Waals surface area contributed by atoms with Crippen molar-refractivity contribution in [1.82, 2.24) is 5.32 Å². The minimum Gasteiger partial charge on any atom is -0.446 e. The Morgan fingerprint density at radius 2 is 1.68 bits per heavy atom. The summed E-state index contributed by atoms with van der Waals surface area (Å²) in [5, 5.41) is 3.13. The Morgan fingerprint density at radius 3 is 2.21 bits per heavy atom. The first kappa shape index (κ1) is 21.7. The van der Waals surface area contributed by atoms with Crippen LogP contribution in [-0.4, -0.2) is 23.8 Å². The summed E-state index contributed by atoms with van der Waals surface area (Å²) in [5.74, 6) is -2.46. The SMILES string of the molecule is CC(C)[C@H](NC(=O)c1ccc(Cl)cc1Cl)C(=O)OC(C(N)=O)c1ccccc1. The fraction of sp³-hybridized carbons (Fsp3) is 0.250. The second-order valence-corrected chi connectivity index (χ2v) is 7.29. The van der Waals surface area contributed by atoms with Crippen LogP contribution in [0.25, 0.3) is 0 Å². The predicted octanol–water partition coefficient (Wildman–Crippen LogP) is 3.52. The lowest BCUT2D eigenvalue weighted by atomic mass is 10.0. The van der Waals surface area contributed by atoms with Gasteiger partial charge in [-0.05, 0) is 24.1 Å². The molecule has 0 radical (unpaired) electrons. The molecule has 148 valence electrons. The highest BCUT2D eigenvalue weighted by atomic mass is 35.5. The molecule has 0 saturated carbocycles. The summed E-state index contributed by atoms with van der Waals surface area (Å²) in [6.07, 6.45) is -1.26. The average molecular weight is 423 g/mol. The predicted molar refractivity (Wildman–Crippen MR) is 107 cm³/mol. The van der Waals surface area contributed by atoms with Crippen LogP contribution in [0.1, 0.15) is 35.9 Å². The Morgan fingerprint density at radius 1 is 1.04 bits per heavy atom. The van der Waals surface area contributed by atoms with Crippen LogP contribution < -0.4 is 11.1 Å². The molecule has 0 aliphatic carbocycles. The molecule has 2 rings (SSSR count). The van der Waals surface area contributed by atoms with Crippen LogP contribution in [-0.2, 0) is 14.3 Å². The van der Waals surface area contributed by atoms with Crippen molar-refractivity contribution in [2.45, 2.75) is 26.0 Å². The first-order valence-corrected chi connectivity index (χ1v) is 9.27. The maximum Gasteiger partial charge on any atom is 0.330 e. The summed E-state index contributed by atoms with van der Waals surface area (Å²) in [5.41, 5.74) is 5.99. The van der Waals surface area contributed by atoms with Gasteiger partial charge in [-0.15, -0.1) is 0 Å². The van der Waals surface area contributed by atoms with Gasteiger partial charge in [0.15, 0.2) is 0 Å². The van der Waals surface area contributed by atoms with E-state index in [1.54, 1.807) is 44.2 Å². The van der Waals surface area contributed by atoms with Crippen LogP contribution in [0.4, 0.5) is 0 Å². The zero-order valence-corrected chi connectivity index (χ0v) is 16.8. The van der Waals surface area contributed by atoms with E-state index >= 15 is 0 Å². The number of amides is 2. The van der Waals surface area contributed by atoms with E-state index in [9.17, 15) is 14.4 Å². The standard InChI is InChI=1S/C20H20Cl2N2O4/c1-11(2)16(24-19(26)14-9-8-13(21)10-15(14)22)20(27)28-17(18(23)25)12-6-4-3-5-7-12/h3-11,16-17H,1-2H3,(H2,23,25)(H,24,26)/t16-,17?/m0/s1. The van der Waals surface area contributed by atoms with Gasteiger partial charge in [0, 0.05) is 10.6 Å². The summed E-state index contributed by atoms with van der Waals surface area (Å²) in [4.78, 5) is 37.0. The molecule has 8 heteroatoms. The molecule has 0 saturated heterocycles. The molecule has 2 amide bonds. The number of carbonyl (C=O) groups excluding carboxylic acids is 3. The van der Waals surface area contributed by atoms with Crippen molar-refractivity contribution < 1.29 is 19.1 Å². The molecule has 0 bridgehead atoms. The molecular weight excluding hydrogens is 403 g/mol. The molecule has 0 aliphatic heterocycles. The molecule has 0 aromatic heterocycles. The highest BCUT2D eigenvalue weighted by Gasteiger charge is 2.31. The number of benzene rings is 2. The van der Waals surface area contributed by atoms with E-state index in [0.717, 1.165) is 0 Å². The molecule has 2 aromatic rings. The van der Waals surface area contributed by atoms with Crippen molar-refractivity contribution in [3.05, 3.63) is 69.7 Å². The molecule has 0 fully saturated rings. The number of nitrogens with two attached hydrogens (primary N) is 1. The second kappa shape index (κ2) is 9.57. The van der Waals surface area contributed by atoms with Gasteiger partial charge in [-0.2, -0.15) is 0 Å². The van der Waals surface area contributed by atoms with Crippen LogP contribution in [0.5, 0.6) is 0 Å². The van der Waals surface area contributed by atoms with E-state index in [1.165, 1.54) is 18.2 Å². The van der Waals surface area contributed by atoms with Crippen LogP contribution in [0.2, 0.25) is 10.0 Å². The van der Waals surface area contributed by atoms with Gasteiger partial charge in [0.1, 0.15) is 6.04 Å². The summed E-state index contributed by atoms with van der Waals surface area (Å²) >= 11 is 11.9. The number of primary amides is 1. The van der Waals surface area contributed by atoms with Crippen molar-refractivity contribution >= 4 is 41.0 Å². The van der Waals surface area contributed by atoms with Gasteiger partial charge in [0.05, 0.1) is 10.6 Å². The Labute approximate surface area is 173 Å². The maximum absolute atomic E-state index is 12.7. The maximum atomic E-state index is 12.7. The summed E-state index contributed by atoms with van der Waals surface area (Å²) < 4.78 is 5.33. The first-order valence-electron chi connectivity index (χ1n) is 8.51. The number of hydrogen-bond donors (Lipinski definition) is 2. The van der Waals surface area contributed by atoms with E-state index in [1.807, 2.05) is 0 Å². The highest BCUT2D eigenvalue weighted by Crippen LogP contribution is 2.22. The fourth-order valence-electron chi connectivity index (χ4n) is 2.50. The van der Waals surface area contributed by atoms with Crippen molar-refractivity contribution in [2.24, 2.45) is 11.7 Å². The van der Waals surface area contributed by atoms with Crippen molar-refractivity contribution in [3.63, 3.8) is 0 Å². The molecule has 0 aliphatic rings. The zero-order chi connectivity index (χ0) is 20.8. The average Bonchev–Trinajstić information content (AvgIpc) is 2.64. The number of rotatable bonds is 7. The molecule has 3 N–H and O–H groups in total. The third-order valence-electron chi connectivity index (χ3n) is 3.98. The molecule has 0 spiro atoms. The van der Waals surface area contributed by atoms with E-state index in [2.05, 4.69) is 5.32 Å². The summed E-state index contributed by atoms with van der Waals surface area (Å²) in [7, 11) is 0. The van der Waals surface area contributed by atoms with Crippen LogP contribution in [0, 0.1) is 5.92 Å². The van der Waals surface area contributed by atoms with E-state index in [0.29, 0.717) is 10.6 Å². The topological polar surface area (TPSA) is 98.5 Å². The Balaban J connectivity index is 2.19. The van der Waals surface area contributed by atoms with Gasteiger partial charge in [0.2, 0.25) is 6.10 Å². The van der Waals surface area contributed by atoms with E-state index in [4.69, 9.17) is 33.7 Å². The number of ether oxygens (including phenoxy) is 1. The molecule has 2 aromatic carbocycles. The van der Waals surface area contributed by atoms with Gasteiger partial charge in [-0.25, -0.2) is 4.79 Å². The molecular formula is C20H20Cl2N2O4. The van der Waals surface area contributed by atoms with Gasteiger partial charge in [-0.1, -0.05) is 67.4 Å². The lowest BCUT2D eigenvalue weighted by Gasteiger charge is -2.24. The van der Waals surface area contributed by atoms with Crippen LogP contribution in [0.3, 0.4) is 0 Å². The smallest absolute Gasteiger partial charge is 0.330 e. The molecule has 6 nitrogen and oxygen atoms in total. The Kier molecular flexibility index (Phi) is 7.43. The number of halogens is 2. The van der Waals surface area contributed by atoms with Crippen LogP contribution >= 0.6 is 23.2 Å². The van der Waals surface area contributed by atoms with E-state index < -0.39 is 29.9 Å². The zero-order valence-electron chi connectivity index (χ0n) is 15.3. The molecule has 28 heavy (non-hydrogen) atoms.